The highest BCUT2D eigenvalue weighted by molar-refractivity contribution is 5.27. The number of nitrogens with zero attached hydrogens (tertiary/aromatic N) is 1. The van der Waals surface area contributed by atoms with E-state index in [0.717, 1.165) is 25.3 Å². The van der Waals surface area contributed by atoms with Crippen LogP contribution in [0.25, 0.3) is 0 Å². The number of benzene rings is 1. The maximum atomic E-state index is 13.4. The second-order valence-corrected chi connectivity index (χ2v) is 5.72. The van der Waals surface area contributed by atoms with Crippen LogP contribution in [0, 0.1) is 18.7 Å². The monoisotopic (exact) mass is 280 g/mol. The average molecular weight is 280 g/mol. The molecule has 1 aliphatic rings. The average Bonchev–Trinajstić information content (AvgIpc) is 2.44. The number of nitrogens with two attached hydrogens (primary N) is 1. The molecule has 0 aliphatic carbocycles. The molecule has 1 aromatic rings. The molecule has 2 N–H and O–H groups in total. The SMILES string of the molecule is COCC1CCCN(C(CN)c2ccc(F)c(C)c2)C1. The van der Waals surface area contributed by atoms with E-state index in [2.05, 4.69) is 4.90 Å². The smallest absolute Gasteiger partial charge is 0.126 e. The lowest BCUT2D eigenvalue weighted by molar-refractivity contribution is 0.0696. The normalized spacial score (nSPS) is 21.9. The molecular weight excluding hydrogens is 255 g/mol. The van der Waals surface area contributed by atoms with E-state index in [-0.39, 0.29) is 11.9 Å². The van der Waals surface area contributed by atoms with Crippen LogP contribution in [-0.4, -0.2) is 38.3 Å². The minimum absolute atomic E-state index is 0.152. The summed E-state index contributed by atoms with van der Waals surface area (Å²) >= 11 is 0. The van der Waals surface area contributed by atoms with Gasteiger partial charge in [-0.2, -0.15) is 0 Å². The van der Waals surface area contributed by atoms with E-state index in [1.165, 1.54) is 12.8 Å². The first-order valence-electron chi connectivity index (χ1n) is 7.34. The molecule has 4 heteroatoms. The lowest BCUT2D eigenvalue weighted by Gasteiger charge is -2.38. The van der Waals surface area contributed by atoms with Gasteiger partial charge in [0.05, 0.1) is 6.61 Å². The van der Waals surface area contributed by atoms with Crippen molar-refractivity contribution in [1.82, 2.24) is 4.90 Å². The summed E-state index contributed by atoms with van der Waals surface area (Å²) in [6, 6.07) is 5.50. The van der Waals surface area contributed by atoms with Gasteiger partial charge in [-0.3, -0.25) is 4.90 Å². The number of rotatable bonds is 5. The molecule has 0 spiro atoms. The van der Waals surface area contributed by atoms with Gasteiger partial charge in [0.15, 0.2) is 0 Å². The van der Waals surface area contributed by atoms with E-state index >= 15 is 0 Å². The number of hydrogen-bond acceptors (Lipinski definition) is 3. The molecule has 1 aromatic carbocycles. The quantitative estimate of drug-likeness (QED) is 0.900. The standard InChI is InChI=1S/C16H25FN2O/c1-12-8-14(5-6-15(12)17)16(9-18)19-7-3-4-13(10-19)11-20-2/h5-6,8,13,16H,3-4,7,9-11,18H2,1-2H3. The van der Waals surface area contributed by atoms with Crippen LogP contribution < -0.4 is 5.73 Å². The third-order valence-corrected chi connectivity index (χ3v) is 4.18. The summed E-state index contributed by atoms with van der Waals surface area (Å²) in [7, 11) is 1.75. The van der Waals surface area contributed by atoms with E-state index < -0.39 is 0 Å². The van der Waals surface area contributed by atoms with E-state index in [0.29, 0.717) is 18.0 Å². The van der Waals surface area contributed by atoms with Crippen molar-refractivity contribution in [2.45, 2.75) is 25.8 Å². The molecule has 2 rings (SSSR count). The lowest BCUT2D eigenvalue weighted by atomic mass is 9.94. The molecule has 0 saturated carbocycles. The van der Waals surface area contributed by atoms with Gasteiger partial charge < -0.3 is 10.5 Å². The number of hydrogen-bond donors (Lipinski definition) is 1. The van der Waals surface area contributed by atoms with E-state index in [1.54, 1.807) is 20.1 Å². The van der Waals surface area contributed by atoms with Crippen molar-refractivity contribution >= 4 is 0 Å². The predicted molar refractivity (Wildman–Crippen MR) is 79.1 cm³/mol. The van der Waals surface area contributed by atoms with Crippen molar-refractivity contribution in [3.63, 3.8) is 0 Å². The summed E-state index contributed by atoms with van der Waals surface area (Å²) in [5.41, 5.74) is 7.78. The molecule has 0 radical (unpaired) electrons. The van der Waals surface area contributed by atoms with E-state index in [1.807, 2.05) is 12.1 Å². The Morgan fingerprint density at radius 2 is 2.30 bits per heavy atom. The summed E-state index contributed by atoms with van der Waals surface area (Å²) in [5, 5.41) is 0. The van der Waals surface area contributed by atoms with Crippen molar-refractivity contribution in [2.75, 3.05) is 33.4 Å². The molecule has 1 aliphatic heterocycles. The van der Waals surface area contributed by atoms with Crippen molar-refractivity contribution in [2.24, 2.45) is 11.7 Å². The van der Waals surface area contributed by atoms with E-state index in [4.69, 9.17) is 10.5 Å². The number of halogens is 1. The number of piperidine rings is 1. The lowest BCUT2D eigenvalue weighted by Crippen LogP contribution is -2.42. The van der Waals surface area contributed by atoms with Gasteiger partial charge in [-0.1, -0.05) is 12.1 Å². The number of ether oxygens (including phenoxy) is 1. The molecule has 2 unspecified atom stereocenters. The van der Waals surface area contributed by atoms with Crippen molar-refractivity contribution in [3.05, 3.63) is 35.1 Å². The van der Waals surface area contributed by atoms with Crippen LogP contribution >= 0.6 is 0 Å². The molecule has 0 aromatic heterocycles. The molecule has 112 valence electrons. The third kappa shape index (κ3) is 3.57. The van der Waals surface area contributed by atoms with Gasteiger partial charge >= 0.3 is 0 Å². The van der Waals surface area contributed by atoms with Gasteiger partial charge in [-0.05, 0) is 49.4 Å². The topological polar surface area (TPSA) is 38.5 Å². The van der Waals surface area contributed by atoms with Gasteiger partial charge in [-0.25, -0.2) is 4.39 Å². The third-order valence-electron chi connectivity index (χ3n) is 4.18. The minimum atomic E-state index is -0.152. The van der Waals surface area contributed by atoms with Crippen LogP contribution in [0.4, 0.5) is 4.39 Å². The summed E-state index contributed by atoms with van der Waals surface area (Å²) < 4.78 is 18.7. The maximum Gasteiger partial charge on any atom is 0.126 e. The second kappa shape index (κ2) is 7.16. The molecule has 20 heavy (non-hydrogen) atoms. The molecule has 3 nitrogen and oxygen atoms in total. The molecule has 2 atom stereocenters. The summed E-state index contributed by atoms with van der Waals surface area (Å²) in [6.07, 6.45) is 2.38. The molecule has 1 saturated heterocycles. The van der Waals surface area contributed by atoms with Crippen LogP contribution in [0.3, 0.4) is 0 Å². The zero-order chi connectivity index (χ0) is 14.5. The van der Waals surface area contributed by atoms with Gasteiger partial charge in [0.1, 0.15) is 5.82 Å². The Hall–Kier alpha value is -0.970. The molecule has 0 bridgehead atoms. The Morgan fingerprint density at radius 1 is 1.50 bits per heavy atom. The largest absolute Gasteiger partial charge is 0.384 e. The molecule has 1 fully saturated rings. The Bertz CT molecular complexity index is 436. The summed E-state index contributed by atoms with van der Waals surface area (Å²) in [5.74, 6) is 0.421. The zero-order valence-electron chi connectivity index (χ0n) is 12.4. The van der Waals surface area contributed by atoms with Gasteiger partial charge in [-0.15, -0.1) is 0 Å². The Balaban J connectivity index is 2.12. The second-order valence-electron chi connectivity index (χ2n) is 5.72. The maximum absolute atomic E-state index is 13.4. The molecule has 1 heterocycles. The fourth-order valence-electron chi connectivity index (χ4n) is 3.12. The van der Waals surface area contributed by atoms with Crippen molar-refractivity contribution < 1.29 is 9.13 Å². The number of methoxy groups -OCH3 is 1. The van der Waals surface area contributed by atoms with Crippen molar-refractivity contribution in [1.29, 1.82) is 0 Å². The molecule has 0 amide bonds. The Morgan fingerprint density at radius 3 is 2.95 bits per heavy atom. The summed E-state index contributed by atoms with van der Waals surface area (Å²) in [4.78, 5) is 2.42. The first-order valence-corrected chi connectivity index (χ1v) is 7.34. The highest BCUT2D eigenvalue weighted by Crippen LogP contribution is 2.27. The predicted octanol–water partition coefficient (Wildman–Crippen LogP) is 2.49. The van der Waals surface area contributed by atoms with Crippen LogP contribution in [0.2, 0.25) is 0 Å². The highest BCUT2D eigenvalue weighted by atomic mass is 19.1. The summed E-state index contributed by atoms with van der Waals surface area (Å²) in [6.45, 7) is 5.22. The first-order chi connectivity index (χ1) is 9.65. The van der Waals surface area contributed by atoms with Gasteiger partial charge in [0.2, 0.25) is 0 Å². The van der Waals surface area contributed by atoms with Gasteiger partial charge in [0.25, 0.3) is 0 Å². The van der Waals surface area contributed by atoms with Crippen LogP contribution in [0.15, 0.2) is 18.2 Å². The van der Waals surface area contributed by atoms with Crippen LogP contribution in [0.1, 0.15) is 30.0 Å². The van der Waals surface area contributed by atoms with E-state index in [9.17, 15) is 4.39 Å². The fourth-order valence-corrected chi connectivity index (χ4v) is 3.12. The minimum Gasteiger partial charge on any atom is -0.384 e. The highest BCUT2D eigenvalue weighted by Gasteiger charge is 2.26. The number of aryl methyl sites for hydroxylation is 1. The Labute approximate surface area is 120 Å². The first kappa shape index (κ1) is 15.4. The van der Waals surface area contributed by atoms with Gasteiger partial charge in [0, 0.05) is 26.2 Å². The molecular formula is C16H25FN2O. The van der Waals surface area contributed by atoms with Crippen molar-refractivity contribution in [3.8, 4) is 0 Å². The zero-order valence-corrected chi connectivity index (χ0v) is 12.4. The Kier molecular flexibility index (Phi) is 5.52. The van der Waals surface area contributed by atoms with Crippen LogP contribution in [0.5, 0.6) is 0 Å². The van der Waals surface area contributed by atoms with Crippen LogP contribution in [-0.2, 0) is 4.74 Å². The number of likely N-dealkylation sites (tertiary alicyclic amines) is 1. The fraction of sp³-hybridized carbons (Fsp3) is 0.625.